The molecule has 2 aromatic rings. The molecule has 2 heterocycles. The van der Waals surface area contributed by atoms with Gasteiger partial charge in [-0.1, -0.05) is 0 Å². The van der Waals surface area contributed by atoms with Gasteiger partial charge in [-0.05, 0) is 11.5 Å². The van der Waals surface area contributed by atoms with Crippen molar-refractivity contribution in [3.63, 3.8) is 0 Å². The van der Waals surface area contributed by atoms with Gasteiger partial charge in [0.25, 0.3) is 5.56 Å². The number of nitrogens with zero attached hydrogens (tertiary/aromatic N) is 2. The highest BCUT2D eigenvalue weighted by Crippen LogP contribution is 2.07. The summed E-state index contributed by atoms with van der Waals surface area (Å²) in [5, 5.41) is 0.563. The maximum absolute atomic E-state index is 10.9. The van der Waals surface area contributed by atoms with Crippen molar-refractivity contribution in [2.45, 2.75) is 0 Å². The van der Waals surface area contributed by atoms with Gasteiger partial charge < -0.3 is 4.98 Å². The van der Waals surface area contributed by atoms with Gasteiger partial charge in [-0.15, -0.1) is 0 Å². The second-order valence-corrected chi connectivity index (χ2v) is 2.56. The van der Waals surface area contributed by atoms with Crippen LogP contribution in [0.15, 0.2) is 17.3 Å². The van der Waals surface area contributed by atoms with Crippen molar-refractivity contribution in [1.82, 2.24) is 14.3 Å². The van der Waals surface area contributed by atoms with E-state index < -0.39 is 0 Å². The summed E-state index contributed by atoms with van der Waals surface area (Å²) in [7, 11) is 0. The van der Waals surface area contributed by atoms with Gasteiger partial charge in [0.2, 0.25) is 0 Å². The van der Waals surface area contributed by atoms with Crippen LogP contribution < -0.4 is 5.56 Å². The number of aromatic amines is 1. The molecule has 0 aliphatic rings. The van der Waals surface area contributed by atoms with Crippen molar-refractivity contribution in [2.75, 3.05) is 0 Å². The maximum Gasteiger partial charge on any atom is 0.261 e. The Balaban J connectivity index is 3.09. The van der Waals surface area contributed by atoms with E-state index in [0.717, 1.165) is 0 Å². The lowest BCUT2D eigenvalue weighted by Gasteiger charge is -1.81. The van der Waals surface area contributed by atoms with Crippen molar-refractivity contribution in [3.05, 3.63) is 22.9 Å². The van der Waals surface area contributed by atoms with Crippen LogP contribution in [0.25, 0.3) is 10.2 Å². The number of hydrogen-bond donors (Lipinski definition) is 1. The van der Waals surface area contributed by atoms with E-state index in [-0.39, 0.29) is 5.56 Å². The monoisotopic (exact) mass is 153 g/mol. The van der Waals surface area contributed by atoms with E-state index in [4.69, 9.17) is 0 Å². The lowest BCUT2D eigenvalue weighted by atomic mass is 10.5. The average Bonchev–Trinajstić information content (AvgIpc) is 2.36. The molecule has 5 heteroatoms. The first-order valence-corrected chi connectivity index (χ1v) is 3.43. The molecule has 0 radical (unpaired) electrons. The van der Waals surface area contributed by atoms with E-state index in [1.165, 1.54) is 24.1 Å². The summed E-state index contributed by atoms with van der Waals surface area (Å²) in [6, 6.07) is 0. The highest BCUT2D eigenvalue weighted by Gasteiger charge is 1.98. The van der Waals surface area contributed by atoms with Crippen LogP contribution in [0.4, 0.5) is 0 Å². The third kappa shape index (κ3) is 0.640. The largest absolute Gasteiger partial charge is 0.313 e. The minimum absolute atomic E-state index is 0.126. The van der Waals surface area contributed by atoms with E-state index >= 15 is 0 Å². The first kappa shape index (κ1) is 5.55. The quantitative estimate of drug-likeness (QED) is 0.595. The molecule has 2 rings (SSSR count). The van der Waals surface area contributed by atoms with Crippen molar-refractivity contribution in [2.24, 2.45) is 0 Å². The molecule has 0 saturated carbocycles. The van der Waals surface area contributed by atoms with Crippen LogP contribution in [0.2, 0.25) is 0 Å². The molecule has 50 valence electrons. The van der Waals surface area contributed by atoms with Gasteiger partial charge in [0.1, 0.15) is 0 Å². The van der Waals surface area contributed by atoms with Gasteiger partial charge >= 0.3 is 0 Å². The normalized spacial score (nSPS) is 10.4. The highest BCUT2D eigenvalue weighted by molar-refractivity contribution is 7.12. The molecule has 0 saturated heterocycles. The molecule has 0 bridgehead atoms. The van der Waals surface area contributed by atoms with Crippen molar-refractivity contribution < 1.29 is 0 Å². The molecule has 0 spiro atoms. The second kappa shape index (κ2) is 1.88. The Morgan fingerprint density at radius 1 is 1.60 bits per heavy atom. The standard InChI is InChI=1S/C5H3N3OS/c9-4-3-1-8-10-5(3)7-2-6-4/h1-2H,(H,6,7,9). The van der Waals surface area contributed by atoms with Crippen molar-refractivity contribution in [3.8, 4) is 0 Å². The minimum Gasteiger partial charge on any atom is -0.313 e. The lowest BCUT2D eigenvalue weighted by molar-refractivity contribution is 1.18. The summed E-state index contributed by atoms with van der Waals surface area (Å²) in [5.74, 6) is 0. The van der Waals surface area contributed by atoms with Crippen LogP contribution in [-0.4, -0.2) is 14.3 Å². The Kier molecular flexibility index (Phi) is 1.04. The molecular weight excluding hydrogens is 150 g/mol. The Morgan fingerprint density at radius 3 is 3.30 bits per heavy atom. The van der Waals surface area contributed by atoms with Crippen LogP contribution in [-0.2, 0) is 0 Å². The van der Waals surface area contributed by atoms with E-state index in [2.05, 4.69) is 14.3 Å². The molecule has 0 atom stereocenters. The predicted octanol–water partition coefficient (Wildman–Crippen LogP) is 0.380. The number of nitrogens with one attached hydrogen (secondary N) is 1. The zero-order valence-electron chi connectivity index (χ0n) is 4.87. The third-order valence-electron chi connectivity index (χ3n) is 1.17. The van der Waals surface area contributed by atoms with Crippen LogP contribution in [0.5, 0.6) is 0 Å². The van der Waals surface area contributed by atoms with E-state index in [0.29, 0.717) is 10.2 Å². The Morgan fingerprint density at radius 2 is 2.50 bits per heavy atom. The van der Waals surface area contributed by atoms with Crippen LogP contribution >= 0.6 is 11.5 Å². The highest BCUT2D eigenvalue weighted by atomic mass is 32.1. The minimum atomic E-state index is -0.126. The molecule has 0 aliphatic carbocycles. The van der Waals surface area contributed by atoms with Gasteiger partial charge in [-0.2, -0.15) is 4.37 Å². The Bertz CT molecular complexity index is 404. The maximum atomic E-state index is 10.9. The fourth-order valence-corrected chi connectivity index (χ4v) is 1.31. The molecule has 1 N–H and O–H groups in total. The topological polar surface area (TPSA) is 58.6 Å². The number of aromatic nitrogens is 3. The molecule has 0 fully saturated rings. The molecule has 0 unspecified atom stereocenters. The van der Waals surface area contributed by atoms with E-state index in [9.17, 15) is 4.79 Å². The number of hydrogen-bond acceptors (Lipinski definition) is 4. The van der Waals surface area contributed by atoms with E-state index in [1.54, 1.807) is 0 Å². The first-order chi connectivity index (χ1) is 4.88. The fraction of sp³-hybridized carbons (Fsp3) is 0. The van der Waals surface area contributed by atoms with Crippen LogP contribution in [0, 0.1) is 0 Å². The van der Waals surface area contributed by atoms with Gasteiger partial charge in [0.05, 0.1) is 17.9 Å². The van der Waals surface area contributed by atoms with Gasteiger partial charge in [-0.25, -0.2) is 4.98 Å². The lowest BCUT2D eigenvalue weighted by Crippen LogP contribution is -2.03. The van der Waals surface area contributed by atoms with Gasteiger partial charge in [-0.3, -0.25) is 4.79 Å². The van der Waals surface area contributed by atoms with Crippen molar-refractivity contribution >= 4 is 21.7 Å². The smallest absolute Gasteiger partial charge is 0.261 e. The molecule has 0 aliphatic heterocycles. The van der Waals surface area contributed by atoms with Crippen molar-refractivity contribution in [1.29, 1.82) is 0 Å². The van der Waals surface area contributed by atoms with Gasteiger partial charge in [0.15, 0.2) is 4.83 Å². The molecule has 0 aromatic carbocycles. The summed E-state index contributed by atoms with van der Waals surface area (Å²) in [5.41, 5.74) is -0.126. The predicted molar refractivity (Wildman–Crippen MR) is 38.0 cm³/mol. The first-order valence-electron chi connectivity index (χ1n) is 2.66. The molecule has 4 nitrogen and oxygen atoms in total. The summed E-state index contributed by atoms with van der Waals surface area (Å²) in [6.45, 7) is 0. The molecular formula is C5H3N3OS. The number of rotatable bonds is 0. The zero-order chi connectivity index (χ0) is 6.97. The fourth-order valence-electron chi connectivity index (χ4n) is 0.710. The Hall–Kier alpha value is -1.23. The number of H-pyrrole nitrogens is 1. The SMILES string of the molecule is O=c1[nH]cnc2sncc12. The zero-order valence-corrected chi connectivity index (χ0v) is 5.68. The third-order valence-corrected chi connectivity index (χ3v) is 1.88. The molecule has 2 aromatic heterocycles. The molecule has 10 heavy (non-hydrogen) atoms. The summed E-state index contributed by atoms with van der Waals surface area (Å²) >= 11 is 1.22. The van der Waals surface area contributed by atoms with Crippen LogP contribution in [0.3, 0.4) is 0 Å². The van der Waals surface area contributed by atoms with E-state index in [1.807, 2.05) is 0 Å². The van der Waals surface area contributed by atoms with Crippen LogP contribution in [0.1, 0.15) is 0 Å². The summed E-state index contributed by atoms with van der Waals surface area (Å²) in [6.07, 6.45) is 2.90. The average molecular weight is 153 g/mol. The summed E-state index contributed by atoms with van der Waals surface area (Å²) in [4.78, 5) is 18.0. The number of fused-ring (bicyclic) bond motifs is 1. The van der Waals surface area contributed by atoms with Gasteiger partial charge in [0, 0.05) is 0 Å². The molecule has 0 amide bonds. The Labute approximate surface area is 59.7 Å². The summed E-state index contributed by atoms with van der Waals surface area (Å²) < 4.78 is 3.82. The second-order valence-electron chi connectivity index (χ2n) is 1.78.